The third-order valence-electron chi connectivity index (χ3n) is 10.6. The van der Waals surface area contributed by atoms with E-state index in [2.05, 4.69) is 0 Å². The molecule has 23 heteroatoms. The maximum absolute atomic E-state index is 14.3. The van der Waals surface area contributed by atoms with Gasteiger partial charge in [-0.2, -0.15) is 52.7 Å². The minimum atomic E-state index is -5.05. The van der Waals surface area contributed by atoms with Crippen LogP contribution in [-0.4, -0.2) is 5.78 Å². The van der Waals surface area contributed by atoms with Crippen LogP contribution in [0.2, 0.25) is 0 Å². The van der Waals surface area contributed by atoms with Crippen molar-refractivity contribution in [2.45, 2.75) is 24.7 Å². The largest absolute Gasteiger partial charge is 0.456 e. The highest BCUT2D eigenvalue weighted by Crippen LogP contribution is 2.48. The van der Waals surface area contributed by atoms with Crippen LogP contribution in [0.15, 0.2) is 158 Å². The molecule has 0 aliphatic carbocycles. The van der Waals surface area contributed by atoms with Gasteiger partial charge in [-0.25, -0.2) is 0 Å². The molecule has 0 saturated heterocycles. The first-order valence-corrected chi connectivity index (χ1v) is 21.6. The van der Waals surface area contributed by atoms with E-state index in [1.807, 2.05) is 0 Å². The number of ketones is 1. The van der Waals surface area contributed by atoms with Crippen molar-refractivity contribution >= 4 is 28.5 Å². The van der Waals surface area contributed by atoms with Gasteiger partial charge in [0.25, 0.3) is 0 Å². The Kier molecular flexibility index (Phi) is 14.3. The molecule has 0 amide bonds. The summed E-state index contributed by atoms with van der Waals surface area (Å²) in [6.07, 6.45) is -20.2. The highest BCUT2D eigenvalue weighted by atomic mass is 19.4. The summed E-state index contributed by atoms with van der Waals surface area (Å²) >= 11 is 0. The summed E-state index contributed by atoms with van der Waals surface area (Å²) in [7, 11) is 0. The molecule has 11 nitrogen and oxygen atoms in total. The van der Waals surface area contributed by atoms with E-state index in [-0.39, 0.29) is 33.9 Å². The number of para-hydroxylation sites is 1. The second kappa shape index (κ2) is 20.5. The number of rotatable bonds is 14. The zero-order valence-corrected chi connectivity index (χ0v) is 38.2. The van der Waals surface area contributed by atoms with Crippen LogP contribution >= 0.6 is 0 Å². The highest BCUT2D eigenvalue weighted by molar-refractivity contribution is 6.11. The quantitative estimate of drug-likeness (QED) is 0.0463. The molecule has 0 atom stereocenters. The third-order valence-corrected chi connectivity index (χ3v) is 10.6. The van der Waals surface area contributed by atoms with Crippen LogP contribution in [0.4, 0.5) is 75.4 Å². The molecule has 0 spiro atoms. The lowest BCUT2D eigenvalue weighted by molar-refractivity contribution is -0.139. The van der Waals surface area contributed by atoms with Crippen LogP contribution in [0.1, 0.15) is 38.2 Å². The van der Waals surface area contributed by atoms with Gasteiger partial charge >= 0.3 is 24.7 Å². The van der Waals surface area contributed by atoms with Gasteiger partial charge in [0.2, 0.25) is 0 Å². The van der Waals surface area contributed by atoms with Crippen molar-refractivity contribution in [3.63, 3.8) is 0 Å². The van der Waals surface area contributed by atoms with E-state index in [0.717, 1.165) is 84.9 Å². The van der Waals surface area contributed by atoms with Gasteiger partial charge in [0.1, 0.15) is 79.7 Å². The second-order valence-electron chi connectivity index (χ2n) is 16.2. The molecule has 0 aromatic heterocycles. The van der Waals surface area contributed by atoms with Gasteiger partial charge in [-0.05, 0) is 84.9 Å². The summed E-state index contributed by atoms with van der Waals surface area (Å²) in [6, 6.07) is 27.1. The number of carbonyl (C=O) groups is 1. The number of alkyl halides is 12. The topological polar surface area (TPSA) is 177 Å². The van der Waals surface area contributed by atoms with Crippen LogP contribution < -0.4 is 51.4 Å². The number of benzene rings is 8. The molecular weight excluding hydrogens is 1030 g/mol. The minimum Gasteiger partial charge on any atom is -0.456 e. The molecule has 0 radical (unpaired) electrons. The third kappa shape index (κ3) is 12.5. The fourth-order valence-corrected chi connectivity index (χ4v) is 7.26. The lowest BCUT2D eigenvalue weighted by Gasteiger charge is -2.20. The summed E-state index contributed by atoms with van der Waals surface area (Å²) in [6.45, 7) is 0. The summed E-state index contributed by atoms with van der Waals surface area (Å²) in [5.74, 6) is -8.15. The zero-order valence-electron chi connectivity index (χ0n) is 38.2. The maximum Gasteiger partial charge on any atom is 0.420 e. The lowest BCUT2D eigenvalue weighted by atomic mass is 10.0. The Hall–Kier alpha value is -9.41. The van der Waals surface area contributed by atoms with Crippen molar-refractivity contribution in [1.29, 1.82) is 0 Å². The molecule has 8 aromatic carbocycles. The Bertz CT molecular complexity index is 3310. The molecule has 0 unspecified atom stereocenters. The molecule has 8 rings (SSSR count). The predicted octanol–water partition coefficient (Wildman–Crippen LogP) is 16.1. The van der Waals surface area contributed by atoms with Gasteiger partial charge in [-0.1, -0.05) is 36.4 Å². The number of hydrogen-bond donors (Lipinski definition) is 4. The van der Waals surface area contributed by atoms with Crippen LogP contribution in [0.3, 0.4) is 0 Å². The first-order chi connectivity index (χ1) is 35.7. The number of nitrogens with two attached hydrogens (primary N) is 4. The molecule has 0 aliphatic rings. The molecule has 8 N–H and O–H groups in total. The Balaban J connectivity index is 1.29. The fraction of sp³-hybridized carbons (Fsp3) is 0.0755. The minimum absolute atomic E-state index is 0.0516. The standard InChI is InChI=1S/C53H34F12N4O7/c54-50(55,56)39-17-28(66)9-13-43(39)71-32-21-33(72-44-14-10-29(67)18-40(44)51(57,58)59)24-36(23-32)75-47-8-4-7-38(48(70)27-5-2-1-3-6-27)49(47)76-37-25-34(73-45-15-11-30(68)19-41(45)52(60,61)62)22-35(26-37)74-46-16-12-31(69)20-42(46)53(63,64)65/h1-26H,66-69H2. The van der Waals surface area contributed by atoms with Crippen LogP contribution in [-0.2, 0) is 24.7 Å². The van der Waals surface area contributed by atoms with Crippen molar-refractivity contribution < 1.29 is 85.9 Å². The summed E-state index contributed by atoms with van der Waals surface area (Å²) < 4.78 is 207. The van der Waals surface area contributed by atoms with Crippen LogP contribution in [0.25, 0.3) is 0 Å². The van der Waals surface area contributed by atoms with Crippen molar-refractivity contribution in [2.75, 3.05) is 22.9 Å². The first kappa shape index (κ1) is 52.9. The van der Waals surface area contributed by atoms with Gasteiger partial charge in [-0.15, -0.1) is 0 Å². The molecule has 392 valence electrons. The SMILES string of the molecule is Nc1ccc(Oc2cc(Oc3ccc(N)cc3C(F)(F)F)cc(Oc3cccc(C(=O)c4ccccc4)c3Oc3cc(Oc4ccc(N)cc4C(F)(F)F)cc(Oc4ccc(N)cc4C(F)(F)F)c3)c2)c(C(F)(F)F)c1. The summed E-state index contributed by atoms with van der Waals surface area (Å²) in [5.41, 5.74) is 15.7. The Labute approximate surface area is 421 Å². The zero-order chi connectivity index (χ0) is 54.9. The normalized spacial score (nSPS) is 11.9. The molecular formula is C53H34F12N4O7. The molecule has 8 aromatic rings. The van der Waals surface area contributed by atoms with Crippen LogP contribution in [0.5, 0.6) is 69.0 Å². The van der Waals surface area contributed by atoms with E-state index >= 15 is 0 Å². The monoisotopic (exact) mass is 1070 g/mol. The molecule has 76 heavy (non-hydrogen) atoms. The van der Waals surface area contributed by atoms with E-state index in [1.54, 1.807) is 6.07 Å². The first-order valence-electron chi connectivity index (χ1n) is 21.6. The average Bonchev–Trinajstić information content (AvgIpc) is 3.33. The molecule has 0 saturated carbocycles. The average molecular weight is 1070 g/mol. The van der Waals surface area contributed by atoms with Gasteiger partial charge in [0, 0.05) is 64.7 Å². The Morgan fingerprint density at radius 1 is 0.316 bits per heavy atom. The van der Waals surface area contributed by atoms with Crippen molar-refractivity contribution in [3.05, 3.63) is 191 Å². The van der Waals surface area contributed by atoms with E-state index in [9.17, 15) is 57.5 Å². The number of anilines is 4. The highest BCUT2D eigenvalue weighted by Gasteiger charge is 2.38. The van der Waals surface area contributed by atoms with Crippen molar-refractivity contribution in [3.8, 4) is 69.0 Å². The fourth-order valence-electron chi connectivity index (χ4n) is 7.26. The van der Waals surface area contributed by atoms with E-state index in [1.165, 1.54) is 42.5 Å². The van der Waals surface area contributed by atoms with E-state index < -0.39 is 122 Å². The number of halogens is 12. The van der Waals surface area contributed by atoms with Gasteiger partial charge < -0.3 is 51.4 Å². The van der Waals surface area contributed by atoms with Gasteiger partial charge in [0.15, 0.2) is 17.3 Å². The van der Waals surface area contributed by atoms with Gasteiger partial charge in [0.05, 0.1) is 5.56 Å². The number of ether oxygens (including phenoxy) is 6. The molecule has 0 aliphatic heterocycles. The number of carbonyl (C=O) groups excluding carboxylic acids is 1. The Morgan fingerprint density at radius 2 is 0.605 bits per heavy atom. The Morgan fingerprint density at radius 3 is 0.908 bits per heavy atom. The molecule has 0 bridgehead atoms. The summed E-state index contributed by atoms with van der Waals surface area (Å²) in [5, 5.41) is 0. The van der Waals surface area contributed by atoms with Crippen molar-refractivity contribution in [1.82, 2.24) is 0 Å². The molecule has 0 heterocycles. The van der Waals surface area contributed by atoms with Crippen LogP contribution in [0, 0.1) is 0 Å². The van der Waals surface area contributed by atoms with E-state index in [0.29, 0.717) is 24.3 Å². The summed E-state index contributed by atoms with van der Waals surface area (Å²) in [4.78, 5) is 14.3. The van der Waals surface area contributed by atoms with Gasteiger partial charge in [-0.3, -0.25) is 4.79 Å². The smallest absolute Gasteiger partial charge is 0.420 e. The number of nitrogen functional groups attached to an aromatic ring is 4. The molecule has 0 fully saturated rings. The maximum atomic E-state index is 14.3. The number of hydrogen-bond acceptors (Lipinski definition) is 11. The lowest BCUT2D eigenvalue weighted by Crippen LogP contribution is -2.09. The predicted molar refractivity (Wildman–Crippen MR) is 253 cm³/mol. The second-order valence-corrected chi connectivity index (χ2v) is 16.2. The van der Waals surface area contributed by atoms with Crippen molar-refractivity contribution in [2.24, 2.45) is 0 Å². The van der Waals surface area contributed by atoms with E-state index in [4.69, 9.17) is 51.4 Å².